The number of nitro benzene ring substituents is 3. The van der Waals surface area contributed by atoms with Crippen molar-refractivity contribution >= 4 is 28.7 Å². The fourth-order valence-corrected chi connectivity index (χ4v) is 3.09. The molecule has 12 heteroatoms. The molecule has 0 aromatic heterocycles. The second-order valence-electron chi connectivity index (χ2n) is 6.85. The molecule has 12 nitrogen and oxygen atoms in total. The summed E-state index contributed by atoms with van der Waals surface area (Å²) in [6, 6.07) is 2.01. The molecule has 2 N–H and O–H groups in total. The van der Waals surface area contributed by atoms with Gasteiger partial charge in [-0.25, -0.2) is 0 Å². The van der Waals surface area contributed by atoms with E-state index in [9.17, 15) is 35.1 Å². The number of carboxylic acids is 1. The maximum absolute atomic E-state index is 11.3. The standard InChI is InChI=1S/C18H26N4O8/c23-16(24)10-8-6-4-2-1-3-5-7-9-13-19-14-11-12-15(20(25)26)18(22(29)30)17(14)21(27)28/h11-12,19H,1-10,13H2,(H,23,24). The molecule has 0 heterocycles. The summed E-state index contributed by atoms with van der Waals surface area (Å²) in [5.41, 5.74) is -3.06. The number of nitrogens with zero attached hydrogens (tertiary/aromatic N) is 3. The number of benzene rings is 1. The summed E-state index contributed by atoms with van der Waals surface area (Å²) in [5, 5.41) is 44.7. The fourth-order valence-electron chi connectivity index (χ4n) is 3.09. The van der Waals surface area contributed by atoms with Crippen LogP contribution in [0.1, 0.15) is 64.2 Å². The number of anilines is 1. The Kier molecular flexibility index (Phi) is 10.7. The highest BCUT2D eigenvalue weighted by Crippen LogP contribution is 2.41. The van der Waals surface area contributed by atoms with Crippen molar-refractivity contribution in [2.45, 2.75) is 64.2 Å². The summed E-state index contributed by atoms with van der Waals surface area (Å²) >= 11 is 0. The second-order valence-corrected chi connectivity index (χ2v) is 6.85. The molecular formula is C18H26N4O8. The van der Waals surface area contributed by atoms with Crippen LogP contribution in [0.4, 0.5) is 22.7 Å². The molecule has 0 bridgehead atoms. The Morgan fingerprint density at radius 2 is 1.27 bits per heavy atom. The van der Waals surface area contributed by atoms with Gasteiger partial charge in [0.25, 0.3) is 0 Å². The van der Waals surface area contributed by atoms with E-state index in [-0.39, 0.29) is 12.1 Å². The van der Waals surface area contributed by atoms with Gasteiger partial charge in [-0.1, -0.05) is 44.9 Å². The van der Waals surface area contributed by atoms with Gasteiger partial charge in [-0.2, -0.15) is 0 Å². The van der Waals surface area contributed by atoms with Gasteiger partial charge in [-0.3, -0.25) is 35.1 Å². The molecule has 0 aliphatic heterocycles. The number of hydrogen-bond donors (Lipinski definition) is 2. The first-order chi connectivity index (χ1) is 14.3. The zero-order chi connectivity index (χ0) is 22.5. The van der Waals surface area contributed by atoms with Crippen molar-refractivity contribution in [3.05, 3.63) is 42.5 Å². The van der Waals surface area contributed by atoms with Gasteiger partial charge >= 0.3 is 23.0 Å². The normalized spacial score (nSPS) is 10.5. The average Bonchev–Trinajstić information content (AvgIpc) is 2.67. The van der Waals surface area contributed by atoms with Crippen molar-refractivity contribution in [1.82, 2.24) is 0 Å². The number of rotatable bonds is 16. The van der Waals surface area contributed by atoms with E-state index in [1.165, 1.54) is 0 Å². The van der Waals surface area contributed by atoms with E-state index in [1.54, 1.807) is 0 Å². The topological polar surface area (TPSA) is 179 Å². The van der Waals surface area contributed by atoms with Crippen LogP contribution in [0.5, 0.6) is 0 Å². The summed E-state index contributed by atoms with van der Waals surface area (Å²) in [6.45, 7) is 0.352. The number of nitrogens with one attached hydrogen (secondary N) is 1. The summed E-state index contributed by atoms with van der Waals surface area (Å²) in [5.74, 6) is -0.766. The number of nitro groups is 3. The highest BCUT2D eigenvalue weighted by Gasteiger charge is 2.38. The molecule has 0 spiro atoms. The van der Waals surface area contributed by atoms with Crippen molar-refractivity contribution in [3.63, 3.8) is 0 Å². The largest absolute Gasteiger partial charge is 0.481 e. The molecule has 0 aliphatic rings. The van der Waals surface area contributed by atoms with Crippen molar-refractivity contribution in [2.24, 2.45) is 0 Å². The quantitative estimate of drug-likeness (QED) is 0.213. The van der Waals surface area contributed by atoms with Crippen LogP contribution in [0.25, 0.3) is 0 Å². The van der Waals surface area contributed by atoms with Crippen LogP contribution < -0.4 is 5.32 Å². The zero-order valence-corrected chi connectivity index (χ0v) is 16.6. The van der Waals surface area contributed by atoms with Gasteiger partial charge in [0.15, 0.2) is 0 Å². The number of carboxylic acid groups (broad SMARTS) is 1. The Morgan fingerprint density at radius 3 is 1.73 bits per heavy atom. The molecule has 0 unspecified atom stereocenters. The van der Waals surface area contributed by atoms with Crippen LogP contribution in [0.3, 0.4) is 0 Å². The minimum Gasteiger partial charge on any atom is -0.481 e. The minimum absolute atomic E-state index is 0.112. The maximum Gasteiger partial charge on any atom is 0.424 e. The van der Waals surface area contributed by atoms with Gasteiger partial charge in [0.1, 0.15) is 5.69 Å². The molecule has 1 rings (SSSR count). The second kappa shape index (κ2) is 13.0. The van der Waals surface area contributed by atoms with Crippen molar-refractivity contribution in [1.29, 1.82) is 0 Å². The third-order valence-corrected chi connectivity index (χ3v) is 4.57. The predicted octanol–water partition coefficient (Wildman–Crippen LogP) is 4.81. The lowest BCUT2D eigenvalue weighted by molar-refractivity contribution is -0.440. The Hall–Kier alpha value is -3.31. The maximum atomic E-state index is 11.3. The Bertz CT molecular complexity index is 769. The fraction of sp³-hybridized carbons (Fsp3) is 0.611. The van der Waals surface area contributed by atoms with E-state index in [1.807, 2.05) is 0 Å². The molecule has 30 heavy (non-hydrogen) atoms. The molecule has 0 radical (unpaired) electrons. The molecule has 0 fully saturated rings. The van der Waals surface area contributed by atoms with Crippen LogP contribution in [-0.2, 0) is 4.79 Å². The van der Waals surface area contributed by atoms with E-state index < -0.39 is 37.8 Å². The number of unbranched alkanes of at least 4 members (excludes halogenated alkanes) is 8. The third-order valence-electron chi connectivity index (χ3n) is 4.57. The molecule has 0 atom stereocenters. The molecule has 1 aromatic carbocycles. The Labute approximate surface area is 172 Å². The molecule has 0 aliphatic carbocycles. The van der Waals surface area contributed by atoms with E-state index in [4.69, 9.17) is 5.11 Å². The Morgan fingerprint density at radius 1 is 0.767 bits per heavy atom. The van der Waals surface area contributed by atoms with E-state index in [0.717, 1.165) is 57.1 Å². The van der Waals surface area contributed by atoms with Gasteiger partial charge in [0.2, 0.25) is 0 Å². The highest BCUT2D eigenvalue weighted by atomic mass is 16.6. The summed E-state index contributed by atoms with van der Waals surface area (Å²) < 4.78 is 0. The van der Waals surface area contributed by atoms with E-state index >= 15 is 0 Å². The molecule has 0 saturated carbocycles. The van der Waals surface area contributed by atoms with Crippen LogP contribution in [0.2, 0.25) is 0 Å². The van der Waals surface area contributed by atoms with Gasteiger partial charge in [-0.05, 0) is 18.9 Å². The van der Waals surface area contributed by atoms with Gasteiger partial charge < -0.3 is 10.4 Å². The average molecular weight is 426 g/mol. The van der Waals surface area contributed by atoms with Crippen molar-refractivity contribution < 1.29 is 24.7 Å². The van der Waals surface area contributed by atoms with Crippen LogP contribution in [0.15, 0.2) is 12.1 Å². The molecule has 166 valence electrons. The first-order valence-corrected chi connectivity index (χ1v) is 9.81. The van der Waals surface area contributed by atoms with Crippen molar-refractivity contribution in [3.8, 4) is 0 Å². The monoisotopic (exact) mass is 426 g/mol. The zero-order valence-electron chi connectivity index (χ0n) is 16.6. The molecular weight excluding hydrogens is 400 g/mol. The van der Waals surface area contributed by atoms with Gasteiger partial charge in [0, 0.05) is 19.0 Å². The summed E-state index contributed by atoms with van der Waals surface area (Å²) in [6.07, 6.45) is 8.51. The predicted molar refractivity (Wildman–Crippen MR) is 109 cm³/mol. The molecule has 1 aromatic rings. The Balaban J connectivity index is 2.39. The van der Waals surface area contributed by atoms with E-state index in [0.29, 0.717) is 19.4 Å². The number of aliphatic carboxylic acids is 1. The van der Waals surface area contributed by atoms with Gasteiger partial charge in [-0.15, -0.1) is 0 Å². The third kappa shape index (κ3) is 8.37. The van der Waals surface area contributed by atoms with Crippen LogP contribution >= 0.6 is 0 Å². The van der Waals surface area contributed by atoms with Gasteiger partial charge in [0.05, 0.1) is 14.8 Å². The first kappa shape index (κ1) is 24.7. The summed E-state index contributed by atoms with van der Waals surface area (Å²) in [7, 11) is 0. The highest BCUT2D eigenvalue weighted by molar-refractivity contribution is 5.78. The molecule has 0 amide bonds. The summed E-state index contributed by atoms with van der Waals surface area (Å²) in [4.78, 5) is 40.6. The number of carbonyl (C=O) groups is 1. The minimum atomic E-state index is -1.13. The number of hydrogen-bond acceptors (Lipinski definition) is 8. The molecule has 0 saturated heterocycles. The van der Waals surface area contributed by atoms with E-state index in [2.05, 4.69) is 5.32 Å². The lowest BCUT2D eigenvalue weighted by Gasteiger charge is -2.07. The SMILES string of the molecule is O=C(O)CCCCCCCCCCCNc1ccc([N+](=O)[O-])c([N+](=O)[O-])c1[N+](=O)[O-]. The van der Waals surface area contributed by atoms with Crippen LogP contribution in [0, 0.1) is 30.3 Å². The van der Waals surface area contributed by atoms with Crippen LogP contribution in [-0.4, -0.2) is 32.4 Å². The lowest BCUT2D eigenvalue weighted by atomic mass is 10.1. The van der Waals surface area contributed by atoms with Crippen molar-refractivity contribution in [2.75, 3.05) is 11.9 Å². The first-order valence-electron chi connectivity index (χ1n) is 9.81. The smallest absolute Gasteiger partial charge is 0.424 e. The lowest BCUT2D eigenvalue weighted by Crippen LogP contribution is -2.08.